The van der Waals surface area contributed by atoms with Crippen molar-refractivity contribution in [3.05, 3.63) is 49.6 Å². The molecule has 1 atom stereocenters. The van der Waals surface area contributed by atoms with Gasteiger partial charge in [-0.3, -0.25) is 4.79 Å². The highest BCUT2D eigenvalue weighted by Crippen LogP contribution is 2.32. The maximum atomic E-state index is 12.4. The number of hydrogen-bond acceptors (Lipinski definition) is 3. The average molecular weight is 365 g/mol. The first kappa shape index (κ1) is 14.6. The van der Waals surface area contributed by atoms with E-state index in [9.17, 15) is 4.79 Å². The van der Waals surface area contributed by atoms with Gasteiger partial charge < -0.3 is 11.1 Å². The molecule has 1 aliphatic rings. The summed E-state index contributed by atoms with van der Waals surface area (Å²) in [6, 6.07) is 8.00. The lowest BCUT2D eigenvalue weighted by Crippen LogP contribution is -2.30. The molecule has 0 radical (unpaired) electrons. The van der Waals surface area contributed by atoms with E-state index < -0.39 is 0 Å². The van der Waals surface area contributed by atoms with Crippen LogP contribution in [0.3, 0.4) is 0 Å². The number of anilines is 1. The monoisotopic (exact) mass is 364 g/mol. The van der Waals surface area contributed by atoms with Gasteiger partial charge in [-0.15, -0.1) is 11.3 Å². The lowest BCUT2D eigenvalue weighted by molar-refractivity contribution is 0.0937. The summed E-state index contributed by atoms with van der Waals surface area (Å²) in [6.07, 6.45) is 3.10. The Morgan fingerprint density at radius 2 is 2.24 bits per heavy atom. The fourth-order valence-electron chi connectivity index (χ4n) is 2.79. The van der Waals surface area contributed by atoms with E-state index in [4.69, 9.17) is 5.73 Å². The number of nitrogens with two attached hydrogens (primary N) is 1. The fourth-order valence-corrected chi connectivity index (χ4v) is 4.22. The molecule has 1 aliphatic carbocycles. The lowest BCUT2D eigenvalue weighted by Gasteiger charge is -2.26. The van der Waals surface area contributed by atoms with Crippen LogP contribution in [0.1, 0.15) is 45.2 Å². The van der Waals surface area contributed by atoms with Crippen molar-refractivity contribution in [1.29, 1.82) is 0 Å². The molecule has 0 saturated heterocycles. The number of benzene rings is 1. The number of halogens is 1. The van der Waals surface area contributed by atoms with E-state index >= 15 is 0 Å². The van der Waals surface area contributed by atoms with E-state index in [1.165, 1.54) is 22.5 Å². The molecule has 0 bridgehead atoms. The molecule has 5 heteroatoms. The minimum absolute atomic E-state index is 0.00322. The molecule has 1 unspecified atom stereocenters. The largest absolute Gasteiger partial charge is 0.399 e. The summed E-state index contributed by atoms with van der Waals surface area (Å²) in [5.41, 5.74) is 10.2. The highest BCUT2D eigenvalue weighted by Gasteiger charge is 2.23. The smallest absolute Gasteiger partial charge is 0.261 e. The van der Waals surface area contributed by atoms with Crippen LogP contribution in [0, 0.1) is 6.92 Å². The standard InChI is InChI=1S/C16H17BrN2OS/c1-9-7-14(21-15(9)17)16(20)19-13-4-2-3-10-8-11(18)5-6-12(10)13/h5-8,13H,2-4,18H2,1H3,(H,19,20). The first-order chi connectivity index (χ1) is 10.0. The third-order valence-electron chi connectivity index (χ3n) is 3.87. The summed E-state index contributed by atoms with van der Waals surface area (Å²) in [5.74, 6) is 0.00322. The summed E-state index contributed by atoms with van der Waals surface area (Å²) in [6.45, 7) is 2.00. The SMILES string of the molecule is Cc1cc(C(=O)NC2CCCc3cc(N)ccc32)sc1Br. The second-order valence-electron chi connectivity index (χ2n) is 5.44. The van der Waals surface area contributed by atoms with Gasteiger partial charge in [0.25, 0.3) is 5.91 Å². The lowest BCUT2D eigenvalue weighted by atomic mass is 9.87. The molecule has 1 amide bonds. The summed E-state index contributed by atoms with van der Waals surface area (Å²) < 4.78 is 1.02. The number of fused-ring (bicyclic) bond motifs is 1. The number of carbonyl (C=O) groups is 1. The third kappa shape index (κ3) is 2.99. The predicted octanol–water partition coefficient (Wildman–Crippen LogP) is 4.21. The van der Waals surface area contributed by atoms with Crippen molar-refractivity contribution >= 4 is 38.9 Å². The molecule has 0 aliphatic heterocycles. The van der Waals surface area contributed by atoms with Gasteiger partial charge in [-0.05, 0) is 77.0 Å². The van der Waals surface area contributed by atoms with E-state index in [0.717, 1.165) is 39.2 Å². The van der Waals surface area contributed by atoms with E-state index in [1.807, 2.05) is 31.2 Å². The Balaban J connectivity index is 1.81. The van der Waals surface area contributed by atoms with Crippen molar-refractivity contribution < 1.29 is 4.79 Å². The third-order valence-corrected chi connectivity index (χ3v) is 6.00. The molecule has 0 spiro atoms. The van der Waals surface area contributed by atoms with Crippen LogP contribution in [0.15, 0.2) is 28.1 Å². The Hall–Kier alpha value is -1.33. The van der Waals surface area contributed by atoms with Crippen LogP contribution < -0.4 is 11.1 Å². The van der Waals surface area contributed by atoms with Gasteiger partial charge in [0.05, 0.1) is 14.7 Å². The Kier molecular flexibility index (Phi) is 4.04. The van der Waals surface area contributed by atoms with Crippen molar-refractivity contribution in [2.24, 2.45) is 0 Å². The minimum Gasteiger partial charge on any atom is -0.399 e. The first-order valence-corrected chi connectivity index (χ1v) is 8.60. The van der Waals surface area contributed by atoms with Gasteiger partial charge in [-0.25, -0.2) is 0 Å². The van der Waals surface area contributed by atoms with E-state index in [-0.39, 0.29) is 11.9 Å². The van der Waals surface area contributed by atoms with Crippen molar-refractivity contribution in [3.63, 3.8) is 0 Å². The Morgan fingerprint density at radius 1 is 1.43 bits per heavy atom. The second-order valence-corrected chi connectivity index (χ2v) is 7.81. The predicted molar refractivity (Wildman–Crippen MR) is 90.8 cm³/mol. The van der Waals surface area contributed by atoms with Crippen LogP contribution in [-0.2, 0) is 6.42 Å². The number of aryl methyl sites for hydroxylation is 2. The maximum absolute atomic E-state index is 12.4. The van der Waals surface area contributed by atoms with Crippen molar-refractivity contribution in [3.8, 4) is 0 Å². The highest BCUT2D eigenvalue weighted by molar-refractivity contribution is 9.11. The van der Waals surface area contributed by atoms with Crippen LogP contribution in [-0.4, -0.2) is 5.91 Å². The van der Waals surface area contributed by atoms with Crippen LogP contribution in [0.25, 0.3) is 0 Å². The molecule has 1 aromatic carbocycles. The molecule has 1 heterocycles. The van der Waals surface area contributed by atoms with Crippen molar-refractivity contribution in [1.82, 2.24) is 5.32 Å². The van der Waals surface area contributed by atoms with Crippen LogP contribution in [0.4, 0.5) is 5.69 Å². The van der Waals surface area contributed by atoms with Gasteiger partial charge in [0.15, 0.2) is 0 Å². The van der Waals surface area contributed by atoms with Gasteiger partial charge in [-0.1, -0.05) is 6.07 Å². The fraction of sp³-hybridized carbons (Fsp3) is 0.312. The molecular weight excluding hydrogens is 348 g/mol. The van der Waals surface area contributed by atoms with Gasteiger partial charge in [0.2, 0.25) is 0 Å². The van der Waals surface area contributed by atoms with Crippen molar-refractivity contribution in [2.45, 2.75) is 32.2 Å². The molecule has 3 N–H and O–H groups in total. The van der Waals surface area contributed by atoms with Gasteiger partial charge in [0.1, 0.15) is 0 Å². The zero-order valence-corrected chi connectivity index (χ0v) is 14.2. The zero-order valence-electron chi connectivity index (χ0n) is 11.8. The van der Waals surface area contributed by atoms with Gasteiger partial charge in [-0.2, -0.15) is 0 Å². The number of carbonyl (C=O) groups excluding carboxylic acids is 1. The van der Waals surface area contributed by atoms with Gasteiger partial charge >= 0.3 is 0 Å². The maximum Gasteiger partial charge on any atom is 0.261 e. The number of nitrogens with one attached hydrogen (secondary N) is 1. The average Bonchev–Trinajstić information content (AvgIpc) is 2.79. The molecule has 0 saturated carbocycles. The molecule has 21 heavy (non-hydrogen) atoms. The van der Waals surface area contributed by atoms with Crippen LogP contribution in [0.5, 0.6) is 0 Å². The number of thiophene rings is 1. The van der Waals surface area contributed by atoms with Crippen LogP contribution in [0.2, 0.25) is 0 Å². The molecule has 110 valence electrons. The molecule has 1 aromatic heterocycles. The second kappa shape index (κ2) is 5.81. The molecule has 3 nitrogen and oxygen atoms in total. The topological polar surface area (TPSA) is 55.1 Å². The quantitative estimate of drug-likeness (QED) is 0.784. The highest BCUT2D eigenvalue weighted by atomic mass is 79.9. The number of hydrogen-bond donors (Lipinski definition) is 2. The van der Waals surface area contributed by atoms with E-state index in [1.54, 1.807) is 0 Å². The first-order valence-electron chi connectivity index (χ1n) is 6.99. The molecule has 3 rings (SSSR count). The summed E-state index contributed by atoms with van der Waals surface area (Å²) >= 11 is 4.95. The number of amides is 1. The van der Waals surface area contributed by atoms with E-state index in [0.29, 0.717) is 0 Å². The Labute approximate surface area is 136 Å². The minimum atomic E-state index is 0.00322. The molecule has 0 fully saturated rings. The molecular formula is C16H17BrN2OS. The van der Waals surface area contributed by atoms with Crippen molar-refractivity contribution in [2.75, 3.05) is 5.73 Å². The van der Waals surface area contributed by atoms with E-state index in [2.05, 4.69) is 21.2 Å². The summed E-state index contributed by atoms with van der Waals surface area (Å²) in [5, 5.41) is 3.16. The number of rotatable bonds is 2. The summed E-state index contributed by atoms with van der Waals surface area (Å²) in [7, 11) is 0. The summed E-state index contributed by atoms with van der Waals surface area (Å²) in [4.78, 5) is 13.2. The van der Waals surface area contributed by atoms with Crippen LogP contribution >= 0.6 is 27.3 Å². The Morgan fingerprint density at radius 3 is 2.95 bits per heavy atom. The van der Waals surface area contributed by atoms with Gasteiger partial charge in [0, 0.05) is 5.69 Å². The Bertz CT molecular complexity index is 676. The zero-order chi connectivity index (χ0) is 15.0. The number of nitrogen functional groups attached to an aromatic ring is 1. The normalized spacial score (nSPS) is 17.3. The molecule has 2 aromatic rings.